The third-order valence-corrected chi connectivity index (χ3v) is 2.24. The largest absolute Gasteiger partial charge is 0.412 e. The zero-order chi connectivity index (χ0) is 14.8. The van der Waals surface area contributed by atoms with Crippen LogP contribution < -0.4 is 5.73 Å². The zero-order valence-electron chi connectivity index (χ0n) is 10.9. The number of hydrogen-bond acceptors (Lipinski definition) is 3. The van der Waals surface area contributed by atoms with E-state index in [9.17, 15) is 9.59 Å². The van der Waals surface area contributed by atoms with Crippen LogP contribution in [0.4, 0.5) is 4.79 Å². The molecule has 1 amide bonds. The van der Waals surface area contributed by atoms with Crippen LogP contribution in [-0.4, -0.2) is 12.1 Å². The van der Waals surface area contributed by atoms with Crippen molar-refractivity contribution in [3.63, 3.8) is 0 Å². The Balaban J connectivity index is 0.000000217. The lowest BCUT2D eigenvalue weighted by Crippen LogP contribution is -2.18. The fourth-order valence-corrected chi connectivity index (χ4v) is 1.31. The van der Waals surface area contributed by atoms with Crippen LogP contribution in [0.1, 0.15) is 15.9 Å². The molecule has 0 saturated heterocycles. The van der Waals surface area contributed by atoms with Crippen LogP contribution in [0, 0.1) is 0 Å². The maximum Gasteiger partial charge on any atom is 0.412 e. The first-order valence-electron chi connectivity index (χ1n) is 5.87. The summed E-state index contributed by atoms with van der Waals surface area (Å²) in [4.78, 5) is 21.1. The molecule has 2 aromatic rings. The van der Waals surface area contributed by atoms with Gasteiger partial charge in [0.2, 0.25) is 0 Å². The molecule has 0 fully saturated rings. The van der Waals surface area contributed by atoms with Gasteiger partial charge in [0, 0.05) is 0 Å². The number of benzene rings is 2. The lowest BCUT2D eigenvalue weighted by molar-refractivity contribution is 0.0638. The van der Waals surface area contributed by atoms with Crippen LogP contribution in [0.15, 0.2) is 67.2 Å². The molecule has 102 valence electrons. The minimum absolute atomic E-state index is 0.302. The Morgan fingerprint density at radius 3 is 1.85 bits per heavy atom. The lowest BCUT2D eigenvalue weighted by Gasteiger charge is -1.97. The van der Waals surface area contributed by atoms with Crippen molar-refractivity contribution in [1.82, 2.24) is 0 Å². The molecule has 0 spiro atoms. The molecule has 20 heavy (non-hydrogen) atoms. The summed E-state index contributed by atoms with van der Waals surface area (Å²) in [6, 6.07) is 18.2. The average molecular weight is 269 g/mol. The third kappa shape index (κ3) is 5.64. The SMILES string of the molecule is C=Cc1ccccc1.NC(=O)OC(=O)c1ccccc1. The molecule has 0 heterocycles. The van der Waals surface area contributed by atoms with E-state index in [1.165, 1.54) is 17.7 Å². The van der Waals surface area contributed by atoms with Crippen LogP contribution >= 0.6 is 0 Å². The van der Waals surface area contributed by atoms with Crippen molar-refractivity contribution in [2.24, 2.45) is 5.73 Å². The minimum Gasteiger partial charge on any atom is -0.373 e. The number of amides is 1. The summed E-state index contributed by atoms with van der Waals surface area (Å²) in [5.41, 5.74) is 6.12. The number of nitrogens with two attached hydrogens (primary N) is 1. The van der Waals surface area contributed by atoms with Gasteiger partial charge in [-0.25, -0.2) is 9.59 Å². The highest BCUT2D eigenvalue weighted by Gasteiger charge is 2.08. The fourth-order valence-electron chi connectivity index (χ4n) is 1.31. The maximum absolute atomic E-state index is 10.9. The summed E-state index contributed by atoms with van der Waals surface area (Å²) >= 11 is 0. The Morgan fingerprint density at radius 2 is 1.45 bits per heavy atom. The molecule has 2 aromatic carbocycles. The summed E-state index contributed by atoms with van der Waals surface area (Å²) < 4.78 is 4.14. The molecule has 0 aliphatic heterocycles. The Bertz CT molecular complexity index is 565. The van der Waals surface area contributed by atoms with Gasteiger partial charge >= 0.3 is 12.1 Å². The first-order valence-corrected chi connectivity index (χ1v) is 5.87. The highest BCUT2D eigenvalue weighted by atomic mass is 16.6. The molecular formula is C16H15NO3. The normalized spacial score (nSPS) is 8.80. The van der Waals surface area contributed by atoms with Crippen LogP contribution in [0.3, 0.4) is 0 Å². The van der Waals surface area contributed by atoms with Gasteiger partial charge in [0.05, 0.1) is 5.56 Å². The fraction of sp³-hybridized carbons (Fsp3) is 0. The number of carbonyl (C=O) groups is 2. The molecule has 0 saturated carbocycles. The van der Waals surface area contributed by atoms with Gasteiger partial charge in [0.25, 0.3) is 0 Å². The first-order chi connectivity index (χ1) is 9.63. The van der Waals surface area contributed by atoms with Crippen LogP contribution in [0.25, 0.3) is 6.08 Å². The van der Waals surface area contributed by atoms with E-state index in [0.29, 0.717) is 5.56 Å². The Labute approximate surface area is 117 Å². The van der Waals surface area contributed by atoms with Crippen molar-refractivity contribution >= 4 is 18.1 Å². The highest BCUT2D eigenvalue weighted by Crippen LogP contribution is 2.00. The predicted molar refractivity (Wildman–Crippen MR) is 78.0 cm³/mol. The lowest BCUT2D eigenvalue weighted by atomic mass is 10.2. The maximum atomic E-state index is 10.9. The quantitative estimate of drug-likeness (QED) is 0.672. The zero-order valence-corrected chi connectivity index (χ0v) is 10.9. The van der Waals surface area contributed by atoms with E-state index in [1.54, 1.807) is 18.2 Å². The molecule has 0 aliphatic carbocycles. The molecular weight excluding hydrogens is 254 g/mol. The number of hydrogen-bond donors (Lipinski definition) is 1. The van der Waals surface area contributed by atoms with Crippen molar-refractivity contribution in [3.8, 4) is 0 Å². The molecule has 2 N–H and O–H groups in total. The molecule has 0 atom stereocenters. The van der Waals surface area contributed by atoms with E-state index in [-0.39, 0.29) is 0 Å². The van der Waals surface area contributed by atoms with Gasteiger partial charge in [-0.2, -0.15) is 0 Å². The second kappa shape index (κ2) is 8.26. The van der Waals surface area contributed by atoms with Crippen molar-refractivity contribution in [1.29, 1.82) is 0 Å². The molecule has 0 aromatic heterocycles. The van der Waals surface area contributed by atoms with Gasteiger partial charge in [0.15, 0.2) is 0 Å². The summed E-state index contributed by atoms with van der Waals surface area (Å²) in [7, 11) is 0. The number of primary amides is 1. The number of rotatable bonds is 2. The topological polar surface area (TPSA) is 69.4 Å². The van der Waals surface area contributed by atoms with Gasteiger partial charge < -0.3 is 10.5 Å². The second-order valence-electron chi connectivity index (χ2n) is 3.69. The third-order valence-electron chi connectivity index (χ3n) is 2.24. The highest BCUT2D eigenvalue weighted by molar-refractivity contribution is 5.95. The molecule has 0 aliphatic rings. The van der Waals surface area contributed by atoms with Crippen molar-refractivity contribution in [2.45, 2.75) is 0 Å². The Kier molecular flexibility index (Phi) is 6.27. The summed E-state index contributed by atoms with van der Waals surface area (Å²) in [5, 5.41) is 0. The van der Waals surface area contributed by atoms with Crippen molar-refractivity contribution in [3.05, 3.63) is 78.4 Å². The van der Waals surface area contributed by atoms with Crippen LogP contribution in [0.2, 0.25) is 0 Å². The molecule has 0 unspecified atom stereocenters. The van der Waals surface area contributed by atoms with Crippen molar-refractivity contribution < 1.29 is 14.3 Å². The molecule has 2 rings (SSSR count). The van der Waals surface area contributed by atoms with Gasteiger partial charge in [0.1, 0.15) is 0 Å². The van der Waals surface area contributed by atoms with Crippen LogP contribution in [-0.2, 0) is 4.74 Å². The summed E-state index contributed by atoms with van der Waals surface area (Å²) in [6.45, 7) is 3.63. The van der Waals surface area contributed by atoms with Crippen LogP contribution in [0.5, 0.6) is 0 Å². The number of carbonyl (C=O) groups excluding carboxylic acids is 2. The van der Waals surface area contributed by atoms with Gasteiger partial charge in [-0.05, 0) is 17.7 Å². The van der Waals surface area contributed by atoms with Crippen molar-refractivity contribution in [2.75, 3.05) is 0 Å². The number of esters is 1. The molecule has 0 bridgehead atoms. The van der Waals surface area contributed by atoms with Gasteiger partial charge in [-0.1, -0.05) is 61.2 Å². The average Bonchev–Trinajstić information content (AvgIpc) is 2.49. The molecule has 0 radical (unpaired) electrons. The van der Waals surface area contributed by atoms with E-state index in [1.807, 2.05) is 36.4 Å². The standard InChI is InChI=1S/C8H7NO3.C8H8/c9-8(11)12-7(10)6-4-2-1-3-5-6;1-2-8-6-4-3-5-7-8/h1-5H,(H2,9,11);2-7H,1H2. The Morgan fingerprint density at radius 1 is 0.950 bits per heavy atom. The smallest absolute Gasteiger partial charge is 0.373 e. The minimum atomic E-state index is -1.09. The van der Waals surface area contributed by atoms with E-state index in [2.05, 4.69) is 17.0 Å². The van der Waals surface area contributed by atoms with Gasteiger partial charge in [-0.15, -0.1) is 0 Å². The van der Waals surface area contributed by atoms with E-state index < -0.39 is 12.1 Å². The summed E-state index contributed by atoms with van der Waals surface area (Å²) in [5.74, 6) is -0.733. The Hall–Kier alpha value is -2.88. The van der Waals surface area contributed by atoms with E-state index in [4.69, 9.17) is 0 Å². The number of ether oxygens (including phenoxy) is 1. The molecule has 4 heteroatoms. The monoisotopic (exact) mass is 269 g/mol. The van der Waals surface area contributed by atoms with E-state index >= 15 is 0 Å². The predicted octanol–water partition coefficient (Wildman–Crippen LogP) is 3.25. The molecule has 4 nitrogen and oxygen atoms in total. The summed E-state index contributed by atoms with van der Waals surface area (Å²) in [6.07, 6.45) is 0.740. The van der Waals surface area contributed by atoms with Gasteiger partial charge in [-0.3, -0.25) is 0 Å². The van der Waals surface area contributed by atoms with E-state index in [0.717, 1.165) is 0 Å². The first kappa shape index (κ1) is 15.2. The second-order valence-corrected chi connectivity index (χ2v) is 3.69.